The molecule has 114 valence electrons. The van der Waals surface area contributed by atoms with Gasteiger partial charge >= 0.3 is 0 Å². The topological polar surface area (TPSA) is 81.5 Å². The van der Waals surface area contributed by atoms with Gasteiger partial charge in [-0.05, 0) is 46.6 Å². The molecule has 0 spiro atoms. The summed E-state index contributed by atoms with van der Waals surface area (Å²) in [6.45, 7) is 1.71. The van der Waals surface area contributed by atoms with E-state index in [9.17, 15) is 14.9 Å². The minimum atomic E-state index is -0.518. The molecule has 1 amide bonds. The molecule has 0 heterocycles. The number of nitrogens with zero attached hydrogens (tertiary/aromatic N) is 1. The lowest BCUT2D eigenvalue weighted by atomic mass is 10.2. The number of benzene rings is 2. The Kier molecular flexibility index (Phi) is 5.11. The van der Waals surface area contributed by atoms with Crippen LogP contribution in [0.15, 0.2) is 46.9 Å². The lowest BCUT2D eigenvalue weighted by molar-refractivity contribution is -0.384. The van der Waals surface area contributed by atoms with Crippen molar-refractivity contribution in [2.45, 2.75) is 6.92 Å². The zero-order chi connectivity index (χ0) is 16.1. The number of hydrogen-bond acceptors (Lipinski definition) is 4. The fraction of sp³-hybridized carbons (Fsp3) is 0.133. The predicted octanol–water partition coefficient (Wildman–Crippen LogP) is 3.68. The van der Waals surface area contributed by atoms with Gasteiger partial charge < -0.3 is 10.1 Å². The number of non-ortho nitro benzene ring substituents is 1. The summed E-state index contributed by atoms with van der Waals surface area (Å²) >= 11 is 3.37. The Morgan fingerprint density at radius 1 is 1.32 bits per heavy atom. The van der Waals surface area contributed by atoms with E-state index in [4.69, 9.17) is 4.74 Å². The van der Waals surface area contributed by atoms with Crippen LogP contribution in [0.1, 0.15) is 5.56 Å². The molecule has 0 saturated heterocycles. The second-order valence-electron chi connectivity index (χ2n) is 4.57. The molecule has 0 aromatic heterocycles. The molecule has 0 radical (unpaired) electrons. The van der Waals surface area contributed by atoms with Crippen LogP contribution in [-0.4, -0.2) is 17.4 Å². The Hall–Kier alpha value is -2.41. The predicted molar refractivity (Wildman–Crippen MR) is 86.1 cm³/mol. The summed E-state index contributed by atoms with van der Waals surface area (Å²) < 4.78 is 6.04. The Labute approximate surface area is 135 Å². The van der Waals surface area contributed by atoms with Crippen molar-refractivity contribution in [2.75, 3.05) is 11.9 Å². The van der Waals surface area contributed by atoms with E-state index in [0.717, 1.165) is 10.0 Å². The number of aryl methyl sites for hydroxylation is 1. The van der Waals surface area contributed by atoms with Gasteiger partial charge in [0.05, 0.1) is 16.7 Å². The zero-order valence-corrected chi connectivity index (χ0v) is 13.3. The molecule has 0 saturated carbocycles. The highest BCUT2D eigenvalue weighted by atomic mass is 79.9. The van der Waals surface area contributed by atoms with Gasteiger partial charge in [-0.25, -0.2) is 0 Å². The van der Waals surface area contributed by atoms with Crippen molar-refractivity contribution in [1.29, 1.82) is 0 Å². The van der Waals surface area contributed by atoms with E-state index in [2.05, 4.69) is 21.2 Å². The van der Waals surface area contributed by atoms with E-state index >= 15 is 0 Å². The minimum absolute atomic E-state index is 0.0841. The van der Waals surface area contributed by atoms with Crippen molar-refractivity contribution in [3.8, 4) is 5.75 Å². The number of nitro benzene ring substituents is 1. The number of rotatable bonds is 5. The van der Waals surface area contributed by atoms with Crippen LogP contribution in [0.5, 0.6) is 5.75 Å². The number of carbonyl (C=O) groups is 1. The molecule has 0 aliphatic carbocycles. The number of nitrogens with one attached hydrogen (secondary N) is 1. The van der Waals surface area contributed by atoms with E-state index in [1.54, 1.807) is 12.1 Å². The first-order valence-electron chi connectivity index (χ1n) is 6.39. The molecule has 6 nitrogen and oxygen atoms in total. The molecule has 0 unspecified atom stereocenters. The fourth-order valence-electron chi connectivity index (χ4n) is 1.74. The molecular formula is C15H13BrN2O4. The number of hydrogen-bond donors (Lipinski definition) is 1. The average molecular weight is 365 g/mol. The van der Waals surface area contributed by atoms with Crippen molar-refractivity contribution in [3.05, 3.63) is 62.6 Å². The van der Waals surface area contributed by atoms with E-state index in [1.807, 2.05) is 19.1 Å². The van der Waals surface area contributed by atoms with Gasteiger partial charge in [-0.15, -0.1) is 0 Å². The van der Waals surface area contributed by atoms with Crippen molar-refractivity contribution in [1.82, 2.24) is 0 Å². The van der Waals surface area contributed by atoms with Gasteiger partial charge in [0.1, 0.15) is 5.75 Å². The van der Waals surface area contributed by atoms with Gasteiger partial charge in [0.15, 0.2) is 6.61 Å². The van der Waals surface area contributed by atoms with Crippen LogP contribution < -0.4 is 10.1 Å². The van der Waals surface area contributed by atoms with Crippen LogP contribution in [0.3, 0.4) is 0 Å². The second-order valence-corrected chi connectivity index (χ2v) is 5.43. The smallest absolute Gasteiger partial charge is 0.273 e. The number of amides is 1. The largest absolute Gasteiger partial charge is 0.484 e. The van der Waals surface area contributed by atoms with Crippen molar-refractivity contribution in [3.63, 3.8) is 0 Å². The molecule has 22 heavy (non-hydrogen) atoms. The number of ether oxygens (including phenoxy) is 1. The van der Waals surface area contributed by atoms with Crippen molar-refractivity contribution >= 4 is 33.2 Å². The number of nitro groups is 1. The summed E-state index contributed by atoms with van der Waals surface area (Å²) in [4.78, 5) is 22.0. The summed E-state index contributed by atoms with van der Waals surface area (Å²) in [6, 6.07) is 11.2. The fourth-order valence-corrected chi connectivity index (χ4v) is 2.34. The standard InChI is InChI=1S/C15H13BrN2O4/c1-10-5-6-14(13(16)7-10)17-15(19)9-22-12-4-2-3-11(8-12)18(20)21/h2-8H,9H2,1H3,(H,17,19). The van der Waals surface area contributed by atoms with Gasteiger partial charge in [0, 0.05) is 10.5 Å². The molecule has 0 bridgehead atoms. The number of halogens is 1. The molecule has 0 aliphatic heterocycles. The Morgan fingerprint density at radius 3 is 2.77 bits per heavy atom. The van der Waals surface area contributed by atoms with Gasteiger partial charge in [-0.1, -0.05) is 12.1 Å². The lowest BCUT2D eigenvalue weighted by Crippen LogP contribution is -2.20. The van der Waals surface area contributed by atoms with Gasteiger partial charge in [-0.3, -0.25) is 14.9 Å². The maximum atomic E-state index is 11.9. The van der Waals surface area contributed by atoms with Crippen LogP contribution in [0, 0.1) is 17.0 Å². The number of anilines is 1. The van der Waals surface area contributed by atoms with Crippen LogP contribution in [-0.2, 0) is 4.79 Å². The SMILES string of the molecule is Cc1ccc(NC(=O)COc2cccc([N+](=O)[O-])c2)c(Br)c1. The van der Waals surface area contributed by atoms with E-state index in [1.165, 1.54) is 18.2 Å². The molecule has 0 aliphatic rings. The highest BCUT2D eigenvalue weighted by molar-refractivity contribution is 9.10. The highest BCUT2D eigenvalue weighted by Gasteiger charge is 2.09. The Balaban J connectivity index is 1.95. The maximum absolute atomic E-state index is 11.9. The minimum Gasteiger partial charge on any atom is -0.484 e. The second kappa shape index (κ2) is 7.04. The van der Waals surface area contributed by atoms with Crippen LogP contribution >= 0.6 is 15.9 Å². The monoisotopic (exact) mass is 364 g/mol. The molecule has 7 heteroatoms. The normalized spacial score (nSPS) is 10.1. The summed E-state index contributed by atoms with van der Waals surface area (Å²) in [5.41, 5.74) is 1.62. The summed E-state index contributed by atoms with van der Waals surface area (Å²) in [7, 11) is 0. The zero-order valence-electron chi connectivity index (χ0n) is 11.7. The first-order chi connectivity index (χ1) is 10.5. The molecule has 0 atom stereocenters. The molecule has 0 fully saturated rings. The lowest BCUT2D eigenvalue weighted by Gasteiger charge is -2.09. The molecule has 2 aromatic carbocycles. The van der Waals surface area contributed by atoms with Crippen LogP contribution in [0.2, 0.25) is 0 Å². The Bertz CT molecular complexity index is 718. The third kappa shape index (κ3) is 4.29. The summed E-state index contributed by atoms with van der Waals surface area (Å²) in [6.07, 6.45) is 0. The van der Waals surface area contributed by atoms with Crippen LogP contribution in [0.25, 0.3) is 0 Å². The van der Waals surface area contributed by atoms with Crippen molar-refractivity contribution < 1.29 is 14.5 Å². The van der Waals surface area contributed by atoms with Crippen molar-refractivity contribution in [2.24, 2.45) is 0 Å². The van der Waals surface area contributed by atoms with E-state index < -0.39 is 4.92 Å². The summed E-state index contributed by atoms with van der Waals surface area (Å²) in [5.74, 6) is -0.0802. The quantitative estimate of drug-likeness (QED) is 0.647. The Morgan fingerprint density at radius 2 is 2.09 bits per heavy atom. The maximum Gasteiger partial charge on any atom is 0.273 e. The third-order valence-corrected chi connectivity index (χ3v) is 3.45. The molecule has 2 aromatic rings. The third-order valence-electron chi connectivity index (χ3n) is 2.80. The highest BCUT2D eigenvalue weighted by Crippen LogP contribution is 2.23. The number of carbonyl (C=O) groups excluding carboxylic acids is 1. The van der Waals surface area contributed by atoms with Gasteiger partial charge in [0.25, 0.3) is 11.6 Å². The molecule has 2 rings (SSSR count). The first kappa shape index (κ1) is 16.0. The van der Waals surface area contributed by atoms with Gasteiger partial charge in [-0.2, -0.15) is 0 Å². The molecule has 1 N–H and O–H groups in total. The first-order valence-corrected chi connectivity index (χ1v) is 7.18. The van der Waals surface area contributed by atoms with E-state index in [-0.39, 0.29) is 24.0 Å². The molecular weight excluding hydrogens is 352 g/mol. The van der Waals surface area contributed by atoms with Gasteiger partial charge in [0.2, 0.25) is 0 Å². The average Bonchev–Trinajstić information content (AvgIpc) is 2.48. The van der Waals surface area contributed by atoms with Crippen LogP contribution in [0.4, 0.5) is 11.4 Å². The van der Waals surface area contributed by atoms with E-state index in [0.29, 0.717) is 5.69 Å². The summed E-state index contributed by atoms with van der Waals surface area (Å²) in [5, 5.41) is 13.4.